The Balaban J connectivity index is 1.18. The Hall–Kier alpha value is -6.25. The van der Waals surface area contributed by atoms with Gasteiger partial charge in [0.1, 0.15) is 16.3 Å². The highest BCUT2D eigenvalue weighted by Crippen LogP contribution is 2.51. The van der Waals surface area contributed by atoms with Gasteiger partial charge >= 0.3 is 0 Å². The van der Waals surface area contributed by atoms with E-state index in [0.717, 1.165) is 48.4 Å². The van der Waals surface area contributed by atoms with Crippen LogP contribution in [0.25, 0.3) is 101 Å². The zero-order valence-corrected chi connectivity index (χ0v) is 31.4. The first-order valence-electron chi connectivity index (χ1n) is 18.2. The molecule has 12 aromatic rings. The molecule has 1 aliphatic heterocycles. The summed E-state index contributed by atoms with van der Waals surface area (Å²) in [5.41, 5.74) is 3.26. The first-order chi connectivity index (χ1) is 27.3. The summed E-state index contributed by atoms with van der Waals surface area (Å²) >= 11 is 5.37. The van der Waals surface area contributed by atoms with Crippen LogP contribution in [0.5, 0.6) is 11.5 Å². The van der Waals surface area contributed by atoms with Gasteiger partial charge in [-0.15, -0.1) is 22.7 Å². The number of hydrogen-bond acceptors (Lipinski definition) is 6. The lowest BCUT2D eigenvalue weighted by molar-refractivity contribution is 0.454. The van der Waals surface area contributed by atoms with Gasteiger partial charge in [-0.3, -0.25) is 4.57 Å². The number of aromatic nitrogens is 3. The van der Waals surface area contributed by atoms with Gasteiger partial charge in [0.05, 0.1) is 26.2 Å². The summed E-state index contributed by atoms with van der Waals surface area (Å²) in [6.07, 6.45) is 0. The molecule has 55 heavy (non-hydrogen) atoms. The Bertz CT molecular complexity index is 3630. The average molecular weight is 756 g/mol. The summed E-state index contributed by atoms with van der Waals surface area (Å²) < 4.78 is 12.6. The maximum atomic E-state index is 6.32. The van der Waals surface area contributed by atoms with Gasteiger partial charge in [0.15, 0.2) is 11.6 Å². The van der Waals surface area contributed by atoms with Crippen molar-refractivity contribution in [1.29, 1.82) is 0 Å². The second kappa shape index (κ2) is 11.1. The molecule has 4 nitrogen and oxygen atoms in total. The average Bonchev–Trinajstić information content (AvgIpc) is 3.93. The van der Waals surface area contributed by atoms with Crippen LogP contribution < -0.4 is 4.74 Å². The summed E-state index contributed by atoms with van der Waals surface area (Å²) in [6, 6.07) is 54.4. The van der Waals surface area contributed by atoms with E-state index in [1.807, 2.05) is 23.5 Å². The Morgan fingerprint density at radius 1 is 0.491 bits per heavy atom. The van der Waals surface area contributed by atoms with E-state index in [9.17, 15) is 0 Å². The molecule has 4 aromatic heterocycles. The zero-order chi connectivity index (χ0) is 35.8. The molecule has 0 radical (unpaired) electrons. The van der Waals surface area contributed by atoms with E-state index in [2.05, 4.69) is 144 Å². The monoisotopic (exact) mass is 755 g/mol. The molecule has 0 saturated carbocycles. The van der Waals surface area contributed by atoms with E-state index < -0.39 is 0 Å². The fourth-order valence-corrected chi connectivity index (χ4v) is 12.1. The molecule has 0 spiro atoms. The van der Waals surface area contributed by atoms with Crippen molar-refractivity contribution in [2.24, 2.45) is 0 Å². The number of thiophene rings is 2. The number of para-hydroxylation sites is 2. The van der Waals surface area contributed by atoms with E-state index in [-0.39, 0.29) is 0 Å². The molecule has 0 bridgehead atoms. The van der Waals surface area contributed by atoms with Crippen molar-refractivity contribution < 1.29 is 4.74 Å². The molecule has 7 heteroatoms. The lowest BCUT2D eigenvalue weighted by atomic mass is 9.98. The Labute approximate surface area is 325 Å². The predicted octanol–water partition coefficient (Wildman–Crippen LogP) is 14.5. The van der Waals surface area contributed by atoms with Crippen LogP contribution in [0.1, 0.15) is 0 Å². The summed E-state index contributed by atoms with van der Waals surface area (Å²) in [7, 11) is 0. The van der Waals surface area contributed by atoms with Gasteiger partial charge < -0.3 is 4.74 Å². The number of benzene rings is 8. The van der Waals surface area contributed by atoms with Crippen LogP contribution >= 0.6 is 34.4 Å². The smallest absolute Gasteiger partial charge is 0.163 e. The van der Waals surface area contributed by atoms with Crippen molar-refractivity contribution in [2.75, 3.05) is 0 Å². The molecule has 0 unspecified atom stereocenters. The number of hydrogen-bond donors (Lipinski definition) is 0. The molecule has 0 atom stereocenters. The van der Waals surface area contributed by atoms with Crippen LogP contribution in [0.2, 0.25) is 0 Å². The zero-order valence-electron chi connectivity index (χ0n) is 28.9. The molecule has 1 aliphatic rings. The number of ether oxygens (including phenoxy) is 1. The fourth-order valence-electron chi connectivity index (χ4n) is 8.68. The molecular weight excluding hydrogens is 731 g/mol. The standard InChI is InChI=1S/C48H25N3OS3/c1-2-12-28-26(11-1)21-23-33-41-40-31-15-5-7-17-34(31)51(43(40)29-13-3-4-14-30(29)45(41)55-44(28)33)47-42-32-16-6-9-19-37(32)54-48(42)50-46(49-47)27-22-24-36-39(25-27)53-38-20-10-8-18-35(38)52-36/h1-25H. The van der Waals surface area contributed by atoms with E-state index in [4.69, 9.17) is 14.7 Å². The van der Waals surface area contributed by atoms with Gasteiger partial charge in [0, 0.05) is 57.4 Å². The Morgan fingerprint density at radius 3 is 2.16 bits per heavy atom. The number of nitrogens with zero attached hydrogens (tertiary/aromatic N) is 3. The fraction of sp³-hybridized carbons (Fsp3) is 0. The SMILES string of the molecule is c1ccc2c(c1)Oc1ccc(-c3nc(-n4c5ccccc5c5c6c7ccc8ccccc8c7sc6c6ccccc6c54)c4c(n3)sc3ccccc34)cc1S2. The van der Waals surface area contributed by atoms with Gasteiger partial charge in [-0.25, -0.2) is 9.97 Å². The van der Waals surface area contributed by atoms with Crippen molar-refractivity contribution >= 4 is 118 Å². The van der Waals surface area contributed by atoms with Gasteiger partial charge in [-0.05, 0) is 53.2 Å². The van der Waals surface area contributed by atoms with Crippen LogP contribution in [0.15, 0.2) is 161 Å². The Kier molecular flexibility index (Phi) is 6.11. The van der Waals surface area contributed by atoms with Crippen molar-refractivity contribution in [1.82, 2.24) is 14.5 Å². The second-order valence-corrected chi connectivity index (χ2v) is 17.2. The van der Waals surface area contributed by atoms with Crippen LogP contribution in [0.3, 0.4) is 0 Å². The van der Waals surface area contributed by atoms with Crippen molar-refractivity contribution in [3.05, 3.63) is 152 Å². The van der Waals surface area contributed by atoms with Crippen molar-refractivity contribution in [2.45, 2.75) is 9.79 Å². The molecule has 256 valence electrons. The Morgan fingerprint density at radius 2 is 1.24 bits per heavy atom. The quantitative estimate of drug-likeness (QED) is 0.176. The van der Waals surface area contributed by atoms with E-state index in [1.54, 1.807) is 23.1 Å². The van der Waals surface area contributed by atoms with Crippen molar-refractivity contribution in [3.63, 3.8) is 0 Å². The van der Waals surface area contributed by atoms with Gasteiger partial charge in [-0.2, -0.15) is 0 Å². The highest BCUT2D eigenvalue weighted by molar-refractivity contribution is 7.99. The molecule has 13 rings (SSSR count). The van der Waals surface area contributed by atoms with E-state index in [0.29, 0.717) is 5.82 Å². The number of rotatable bonds is 2. The molecular formula is C48H25N3OS3. The third-order valence-electron chi connectivity index (χ3n) is 11.1. The summed E-state index contributed by atoms with van der Waals surface area (Å²) in [6.45, 7) is 0. The first kappa shape index (κ1) is 30.1. The van der Waals surface area contributed by atoms with Gasteiger partial charge in [0.25, 0.3) is 0 Å². The molecule has 0 amide bonds. The first-order valence-corrected chi connectivity index (χ1v) is 20.7. The lowest BCUT2D eigenvalue weighted by Crippen LogP contribution is -2.02. The van der Waals surface area contributed by atoms with Gasteiger partial charge in [-0.1, -0.05) is 121 Å². The summed E-state index contributed by atoms with van der Waals surface area (Å²) in [5, 5.41) is 12.4. The maximum absolute atomic E-state index is 6.32. The normalized spacial score (nSPS) is 12.8. The highest BCUT2D eigenvalue weighted by atomic mass is 32.2. The molecule has 0 saturated heterocycles. The molecule has 0 N–H and O–H groups in total. The lowest BCUT2D eigenvalue weighted by Gasteiger charge is -2.20. The van der Waals surface area contributed by atoms with Crippen LogP contribution in [-0.2, 0) is 0 Å². The third kappa shape index (κ3) is 4.17. The summed E-state index contributed by atoms with van der Waals surface area (Å²) in [4.78, 5) is 14.1. The third-order valence-corrected chi connectivity index (χ3v) is 14.5. The minimum Gasteiger partial charge on any atom is -0.455 e. The maximum Gasteiger partial charge on any atom is 0.163 e. The molecule has 8 aromatic carbocycles. The van der Waals surface area contributed by atoms with E-state index >= 15 is 0 Å². The number of fused-ring (bicyclic) bond motifs is 17. The molecule has 0 fully saturated rings. The molecule has 0 aliphatic carbocycles. The minimum absolute atomic E-state index is 0.695. The highest BCUT2D eigenvalue weighted by Gasteiger charge is 2.26. The predicted molar refractivity (Wildman–Crippen MR) is 233 cm³/mol. The molecule has 5 heterocycles. The summed E-state index contributed by atoms with van der Waals surface area (Å²) in [5.74, 6) is 3.33. The van der Waals surface area contributed by atoms with Crippen LogP contribution in [0, 0.1) is 0 Å². The topological polar surface area (TPSA) is 39.9 Å². The van der Waals surface area contributed by atoms with Gasteiger partial charge in [0.2, 0.25) is 0 Å². The van der Waals surface area contributed by atoms with Crippen molar-refractivity contribution in [3.8, 4) is 28.7 Å². The van der Waals surface area contributed by atoms with E-state index in [1.165, 1.54) is 68.1 Å². The largest absolute Gasteiger partial charge is 0.455 e. The second-order valence-electron chi connectivity index (χ2n) is 14.1. The van der Waals surface area contributed by atoms with Crippen LogP contribution in [0.4, 0.5) is 0 Å². The minimum atomic E-state index is 0.695. The van der Waals surface area contributed by atoms with Crippen LogP contribution in [-0.4, -0.2) is 14.5 Å².